The van der Waals surface area contributed by atoms with Gasteiger partial charge in [0.15, 0.2) is 0 Å². The fourth-order valence-corrected chi connectivity index (χ4v) is 3.27. The van der Waals surface area contributed by atoms with Crippen molar-refractivity contribution in [2.24, 2.45) is 5.92 Å². The number of rotatable bonds is 10. The molecule has 1 rings (SSSR count). The summed E-state index contributed by atoms with van der Waals surface area (Å²) in [6, 6.07) is 0.839. The molecule has 0 aromatic rings. The van der Waals surface area contributed by atoms with Crippen LogP contribution < -0.4 is 5.32 Å². The van der Waals surface area contributed by atoms with E-state index in [0.717, 1.165) is 18.4 Å². The molecule has 20 heavy (non-hydrogen) atoms. The molecule has 1 aliphatic rings. The lowest BCUT2D eigenvalue weighted by Crippen LogP contribution is -2.43. The van der Waals surface area contributed by atoms with E-state index in [1.54, 1.807) is 0 Å². The van der Waals surface area contributed by atoms with E-state index >= 15 is 0 Å². The van der Waals surface area contributed by atoms with Crippen molar-refractivity contribution in [2.75, 3.05) is 26.7 Å². The number of nitrogens with one attached hydrogen (secondary N) is 1. The van der Waals surface area contributed by atoms with Crippen LogP contribution in [-0.4, -0.2) is 48.3 Å². The summed E-state index contributed by atoms with van der Waals surface area (Å²) in [5.74, 6) is 0.760. The minimum atomic E-state index is -0.101. The van der Waals surface area contributed by atoms with Crippen LogP contribution in [0.2, 0.25) is 0 Å². The largest absolute Gasteiger partial charge is 0.394 e. The summed E-state index contributed by atoms with van der Waals surface area (Å²) in [5, 5.41) is 12.7. The Morgan fingerprint density at radius 3 is 2.40 bits per heavy atom. The predicted molar refractivity (Wildman–Crippen MR) is 87.1 cm³/mol. The second-order valence-electron chi connectivity index (χ2n) is 7.25. The van der Waals surface area contributed by atoms with Gasteiger partial charge in [-0.3, -0.25) is 0 Å². The molecular formula is C17H36N2O. The molecule has 0 aromatic heterocycles. The fraction of sp³-hybridized carbons (Fsp3) is 1.00. The highest BCUT2D eigenvalue weighted by molar-refractivity contribution is 4.81. The van der Waals surface area contributed by atoms with E-state index in [-0.39, 0.29) is 12.1 Å². The summed E-state index contributed by atoms with van der Waals surface area (Å²) in [4.78, 5) is 2.73. The highest BCUT2D eigenvalue weighted by Crippen LogP contribution is 2.25. The Kier molecular flexibility index (Phi) is 8.08. The van der Waals surface area contributed by atoms with Crippen LogP contribution in [0, 0.1) is 5.92 Å². The van der Waals surface area contributed by atoms with Crippen LogP contribution in [0.5, 0.6) is 0 Å². The molecule has 0 saturated heterocycles. The maximum Gasteiger partial charge on any atom is 0.0610 e. The second-order valence-corrected chi connectivity index (χ2v) is 7.25. The van der Waals surface area contributed by atoms with Gasteiger partial charge in [0, 0.05) is 18.1 Å². The lowest BCUT2D eigenvalue weighted by Gasteiger charge is -2.31. The van der Waals surface area contributed by atoms with Crippen LogP contribution in [0.25, 0.3) is 0 Å². The van der Waals surface area contributed by atoms with Gasteiger partial charge in [0.05, 0.1) is 6.61 Å². The average Bonchev–Trinajstić information content (AvgIpc) is 2.95. The molecule has 3 heteroatoms. The highest BCUT2D eigenvalue weighted by atomic mass is 16.3. The predicted octanol–water partition coefficient (Wildman–Crippen LogP) is 3.03. The van der Waals surface area contributed by atoms with E-state index in [4.69, 9.17) is 0 Å². The van der Waals surface area contributed by atoms with Gasteiger partial charge in [0.1, 0.15) is 0 Å². The molecule has 3 nitrogen and oxygen atoms in total. The highest BCUT2D eigenvalue weighted by Gasteiger charge is 2.23. The molecule has 2 N–H and O–H groups in total. The van der Waals surface area contributed by atoms with Gasteiger partial charge < -0.3 is 15.3 Å². The van der Waals surface area contributed by atoms with Gasteiger partial charge in [-0.05, 0) is 52.1 Å². The van der Waals surface area contributed by atoms with Gasteiger partial charge >= 0.3 is 0 Å². The van der Waals surface area contributed by atoms with Crippen molar-refractivity contribution in [1.82, 2.24) is 10.2 Å². The van der Waals surface area contributed by atoms with Crippen LogP contribution in [-0.2, 0) is 0 Å². The number of hydrogen-bond donors (Lipinski definition) is 2. The normalized spacial score (nSPS) is 19.9. The van der Waals surface area contributed by atoms with Crippen LogP contribution in [0.1, 0.15) is 65.7 Å². The molecule has 1 aliphatic carbocycles. The van der Waals surface area contributed by atoms with E-state index in [0.29, 0.717) is 0 Å². The Morgan fingerprint density at radius 1 is 1.25 bits per heavy atom. The third-order valence-corrected chi connectivity index (χ3v) is 4.82. The maximum atomic E-state index is 9.41. The second kappa shape index (κ2) is 9.01. The van der Waals surface area contributed by atoms with Gasteiger partial charge in [0.2, 0.25) is 0 Å². The lowest BCUT2D eigenvalue weighted by molar-refractivity contribution is 0.156. The van der Waals surface area contributed by atoms with Crippen molar-refractivity contribution in [3.05, 3.63) is 0 Å². The minimum Gasteiger partial charge on any atom is -0.394 e. The number of unbranched alkanes of at least 4 members (excludes halogenated alkanes) is 1. The summed E-state index contributed by atoms with van der Waals surface area (Å²) in [7, 11) is 1.94. The van der Waals surface area contributed by atoms with Crippen LogP contribution in [0.4, 0.5) is 0 Å². The van der Waals surface area contributed by atoms with E-state index in [1.165, 1.54) is 51.6 Å². The number of likely N-dealkylation sites (N-methyl/N-ethyl adjacent to an activating group) is 1. The van der Waals surface area contributed by atoms with Crippen molar-refractivity contribution in [3.8, 4) is 0 Å². The Hall–Kier alpha value is -0.120. The summed E-state index contributed by atoms with van der Waals surface area (Å²) >= 11 is 0. The molecule has 1 unspecified atom stereocenters. The van der Waals surface area contributed by atoms with E-state index < -0.39 is 0 Å². The molecule has 0 heterocycles. The van der Waals surface area contributed by atoms with E-state index in [2.05, 4.69) is 31.0 Å². The first-order valence-electron chi connectivity index (χ1n) is 8.54. The van der Waals surface area contributed by atoms with Gasteiger partial charge in [-0.1, -0.05) is 33.1 Å². The fourth-order valence-electron chi connectivity index (χ4n) is 3.27. The number of aliphatic hydroxyl groups excluding tert-OH is 1. The average molecular weight is 284 g/mol. The minimum absolute atomic E-state index is 0.101. The number of nitrogens with zero attached hydrogens (tertiary/aromatic N) is 1. The Morgan fingerprint density at radius 2 is 1.90 bits per heavy atom. The molecule has 0 spiro atoms. The Bertz CT molecular complexity index is 245. The van der Waals surface area contributed by atoms with Gasteiger partial charge in [-0.2, -0.15) is 0 Å². The zero-order valence-electron chi connectivity index (χ0n) is 14.1. The molecule has 120 valence electrons. The van der Waals surface area contributed by atoms with Crippen molar-refractivity contribution in [3.63, 3.8) is 0 Å². The van der Waals surface area contributed by atoms with Gasteiger partial charge in [-0.25, -0.2) is 0 Å². The first kappa shape index (κ1) is 17.9. The molecule has 0 aromatic carbocycles. The molecule has 0 aliphatic heterocycles. The zero-order valence-corrected chi connectivity index (χ0v) is 14.1. The molecule has 1 atom stereocenters. The Balaban J connectivity index is 2.31. The lowest BCUT2D eigenvalue weighted by atomic mass is 9.96. The van der Waals surface area contributed by atoms with Crippen LogP contribution in [0.3, 0.4) is 0 Å². The summed E-state index contributed by atoms with van der Waals surface area (Å²) in [6.07, 6.45) is 9.14. The molecule has 1 fully saturated rings. The van der Waals surface area contributed by atoms with Crippen LogP contribution >= 0.6 is 0 Å². The monoisotopic (exact) mass is 284 g/mol. The molecular weight excluding hydrogens is 248 g/mol. The summed E-state index contributed by atoms with van der Waals surface area (Å²) < 4.78 is 0. The van der Waals surface area contributed by atoms with E-state index in [9.17, 15) is 5.11 Å². The summed E-state index contributed by atoms with van der Waals surface area (Å²) in [6.45, 7) is 9.46. The number of hydrogen-bond acceptors (Lipinski definition) is 3. The van der Waals surface area contributed by atoms with Gasteiger partial charge in [-0.15, -0.1) is 0 Å². The maximum absolute atomic E-state index is 9.41. The third kappa shape index (κ3) is 6.11. The first-order chi connectivity index (χ1) is 9.50. The molecule has 0 bridgehead atoms. The SMILES string of the molecule is CNC(C)(CO)CCCCN(CC(C)C)C1CCCC1. The zero-order chi connectivity index (χ0) is 15.0. The quantitative estimate of drug-likeness (QED) is 0.605. The van der Waals surface area contributed by atoms with Crippen molar-refractivity contribution < 1.29 is 5.11 Å². The number of aliphatic hydroxyl groups is 1. The standard InChI is InChI=1S/C17H36N2O/c1-15(2)13-19(16-9-5-6-10-16)12-8-7-11-17(3,14-20)18-4/h15-16,18,20H,5-14H2,1-4H3. The van der Waals surface area contributed by atoms with Crippen LogP contribution in [0.15, 0.2) is 0 Å². The molecule has 1 saturated carbocycles. The van der Waals surface area contributed by atoms with Crippen molar-refractivity contribution >= 4 is 0 Å². The third-order valence-electron chi connectivity index (χ3n) is 4.82. The molecule has 0 radical (unpaired) electrons. The molecule has 0 amide bonds. The summed E-state index contributed by atoms with van der Waals surface area (Å²) in [5.41, 5.74) is -0.101. The van der Waals surface area contributed by atoms with Crippen molar-refractivity contribution in [2.45, 2.75) is 77.3 Å². The Labute approximate surface area is 126 Å². The first-order valence-corrected chi connectivity index (χ1v) is 8.54. The van der Waals surface area contributed by atoms with E-state index in [1.807, 2.05) is 7.05 Å². The van der Waals surface area contributed by atoms with Crippen molar-refractivity contribution in [1.29, 1.82) is 0 Å². The van der Waals surface area contributed by atoms with Gasteiger partial charge in [0.25, 0.3) is 0 Å². The smallest absolute Gasteiger partial charge is 0.0610 e. The topological polar surface area (TPSA) is 35.5 Å².